The maximum atomic E-state index is 5.71. The van der Waals surface area contributed by atoms with Crippen molar-refractivity contribution >= 4 is 17.6 Å². The fourth-order valence-electron chi connectivity index (χ4n) is 2.81. The van der Waals surface area contributed by atoms with E-state index in [0.717, 1.165) is 38.9 Å². The van der Waals surface area contributed by atoms with Gasteiger partial charge in [0.2, 0.25) is 4.80 Å². The molecule has 1 aliphatic rings. The predicted molar refractivity (Wildman–Crippen MR) is 106 cm³/mol. The molecule has 138 valence electrons. The highest BCUT2D eigenvalue weighted by Gasteiger charge is 2.15. The number of aromatic nitrogens is 1. The van der Waals surface area contributed by atoms with E-state index in [-0.39, 0.29) is 0 Å². The van der Waals surface area contributed by atoms with Crippen LogP contribution in [0, 0.1) is 0 Å². The van der Waals surface area contributed by atoms with Crippen LogP contribution in [-0.2, 0) is 0 Å². The molecule has 0 N–H and O–H groups in total. The summed E-state index contributed by atoms with van der Waals surface area (Å²) in [5, 5.41) is 6.69. The fraction of sp³-hybridized carbons (Fsp3) is 0.200. The molecule has 0 unspecified atom stereocenters. The minimum atomic E-state index is 0.559. The number of hydrogen-bond acceptors (Lipinski definition) is 6. The molecule has 0 fully saturated rings. The van der Waals surface area contributed by atoms with Gasteiger partial charge < -0.3 is 14.2 Å². The third-order valence-electron chi connectivity index (χ3n) is 4.13. The largest absolute Gasteiger partial charge is 0.497 e. The van der Waals surface area contributed by atoms with E-state index in [9.17, 15) is 0 Å². The van der Waals surface area contributed by atoms with Crippen molar-refractivity contribution in [1.82, 2.24) is 4.68 Å². The molecule has 2 aromatic carbocycles. The van der Waals surface area contributed by atoms with Crippen LogP contribution in [-0.4, -0.2) is 38.3 Å². The van der Waals surface area contributed by atoms with Crippen LogP contribution in [0.1, 0.15) is 5.56 Å². The van der Waals surface area contributed by atoms with Gasteiger partial charge in [-0.05, 0) is 35.9 Å². The van der Waals surface area contributed by atoms with Crippen molar-refractivity contribution in [2.75, 3.05) is 27.4 Å². The molecule has 7 heteroatoms. The second-order valence-electron chi connectivity index (χ2n) is 5.82. The van der Waals surface area contributed by atoms with Crippen LogP contribution < -0.4 is 19.0 Å². The van der Waals surface area contributed by atoms with Crippen molar-refractivity contribution in [2.24, 2.45) is 10.1 Å². The standard InChI is InChI=1S/C20H19N3O3S/c1-21-20-23(22-12-14-4-3-5-16(10-14)24-2)17(13-27-20)15-6-7-18-19(11-15)26-9-8-25-18/h3-7,10-13H,8-9H2,1-2H3/b21-20?,22-12+. The summed E-state index contributed by atoms with van der Waals surface area (Å²) in [6.07, 6.45) is 1.80. The molecule has 1 aromatic heterocycles. The van der Waals surface area contributed by atoms with Crippen LogP contribution in [0.4, 0.5) is 0 Å². The smallest absolute Gasteiger partial charge is 0.205 e. The third-order valence-corrected chi connectivity index (χ3v) is 5.04. The van der Waals surface area contributed by atoms with Gasteiger partial charge in [0.25, 0.3) is 0 Å². The zero-order valence-electron chi connectivity index (χ0n) is 15.1. The molecule has 0 spiro atoms. The lowest BCUT2D eigenvalue weighted by Gasteiger charge is -2.18. The van der Waals surface area contributed by atoms with E-state index in [2.05, 4.69) is 10.1 Å². The summed E-state index contributed by atoms with van der Waals surface area (Å²) in [6.45, 7) is 1.14. The summed E-state index contributed by atoms with van der Waals surface area (Å²) in [6, 6.07) is 13.7. The van der Waals surface area contributed by atoms with Gasteiger partial charge in [-0.1, -0.05) is 12.1 Å². The van der Waals surface area contributed by atoms with Gasteiger partial charge in [0.05, 0.1) is 19.0 Å². The fourth-order valence-corrected chi connectivity index (χ4v) is 3.61. The highest BCUT2D eigenvalue weighted by Crippen LogP contribution is 2.34. The maximum Gasteiger partial charge on any atom is 0.205 e. The number of benzene rings is 2. The minimum Gasteiger partial charge on any atom is -0.497 e. The van der Waals surface area contributed by atoms with Crippen LogP contribution in [0.2, 0.25) is 0 Å². The molecular weight excluding hydrogens is 362 g/mol. The van der Waals surface area contributed by atoms with Crippen molar-refractivity contribution in [3.8, 4) is 28.5 Å². The van der Waals surface area contributed by atoms with E-state index < -0.39 is 0 Å². The van der Waals surface area contributed by atoms with Crippen molar-refractivity contribution in [2.45, 2.75) is 0 Å². The lowest BCUT2D eigenvalue weighted by molar-refractivity contribution is 0.171. The van der Waals surface area contributed by atoms with Crippen LogP contribution in [0.5, 0.6) is 17.2 Å². The Labute approximate surface area is 161 Å². The second kappa shape index (κ2) is 7.67. The van der Waals surface area contributed by atoms with Gasteiger partial charge in [-0.2, -0.15) is 5.10 Å². The molecule has 0 saturated heterocycles. The third kappa shape index (κ3) is 3.59. The molecule has 6 nitrogen and oxygen atoms in total. The Kier molecular flexibility index (Phi) is 4.93. The number of ether oxygens (including phenoxy) is 3. The molecule has 4 rings (SSSR count). The Balaban J connectivity index is 1.73. The SMILES string of the molecule is CN=c1scc(-c2ccc3c(c2)OCCO3)n1/N=C/c1cccc(OC)c1. The average Bonchev–Trinajstić information content (AvgIpc) is 3.15. The average molecular weight is 381 g/mol. The zero-order chi connectivity index (χ0) is 18.6. The van der Waals surface area contributed by atoms with E-state index in [4.69, 9.17) is 14.2 Å². The first-order valence-electron chi connectivity index (χ1n) is 8.50. The molecular formula is C20H19N3O3S. The van der Waals surface area contributed by atoms with E-state index in [1.165, 1.54) is 11.3 Å². The first-order valence-corrected chi connectivity index (χ1v) is 9.38. The number of rotatable bonds is 4. The molecule has 0 bridgehead atoms. The van der Waals surface area contributed by atoms with Crippen molar-refractivity contribution in [3.63, 3.8) is 0 Å². The first-order chi connectivity index (χ1) is 13.3. The van der Waals surface area contributed by atoms with Gasteiger partial charge in [-0.15, -0.1) is 11.3 Å². The monoisotopic (exact) mass is 381 g/mol. The molecule has 0 atom stereocenters. The number of nitrogens with zero attached hydrogens (tertiary/aromatic N) is 3. The molecule has 27 heavy (non-hydrogen) atoms. The summed E-state index contributed by atoms with van der Waals surface area (Å²) >= 11 is 1.54. The lowest BCUT2D eigenvalue weighted by atomic mass is 10.1. The van der Waals surface area contributed by atoms with Crippen molar-refractivity contribution in [3.05, 3.63) is 58.2 Å². The highest BCUT2D eigenvalue weighted by molar-refractivity contribution is 7.07. The summed E-state index contributed by atoms with van der Waals surface area (Å²) in [5.74, 6) is 2.32. The maximum absolute atomic E-state index is 5.71. The number of thiazole rings is 1. The number of methoxy groups -OCH3 is 1. The van der Waals surface area contributed by atoms with E-state index in [1.54, 1.807) is 20.4 Å². The summed E-state index contributed by atoms with van der Waals surface area (Å²) in [7, 11) is 3.41. The van der Waals surface area contributed by atoms with Crippen LogP contribution in [0.15, 0.2) is 57.9 Å². The molecule has 0 radical (unpaired) electrons. The molecule has 1 aliphatic heterocycles. The van der Waals surface area contributed by atoms with Crippen molar-refractivity contribution < 1.29 is 14.2 Å². The summed E-state index contributed by atoms with van der Waals surface area (Å²) < 4.78 is 18.4. The molecule has 2 heterocycles. The normalized spacial score (nSPS) is 13.9. The lowest BCUT2D eigenvalue weighted by Crippen LogP contribution is -2.15. The minimum absolute atomic E-state index is 0.559. The Hall–Kier alpha value is -3.06. The van der Waals surface area contributed by atoms with Crippen LogP contribution in [0.3, 0.4) is 0 Å². The van der Waals surface area contributed by atoms with E-state index >= 15 is 0 Å². The molecule has 0 aliphatic carbocycles. The number of hydrogen-bond donors (Lipinski definition) is 0. The van der Waals surface area contributed by atoms with Crippen molar-refractivity contribution in [1.29, 1.82) is 0 Å². The summed E-state index contributed by atoms with van der Waals surface area (Å²) in [4.78, 5) is 5.14. The van der Waals surface area contributed by atoms with Crippen LogP contribution >= 0.6 is 11.3 Å². The van der Waals surface area contributed by atoms with E-state index in [0.29, 0.717) is 13.2 Å². The Bertz CT molecular complexity index is 1050. The van der Waals surface area contributed by atoms with Gasteiger partial charge in [0, 0.05) is 18.0 Å². The summed E-state index contributed by atoms with van der Waals surface area (Å²) in [5.41, 5.74) is 2.88. The topological polar surface area (TPSA) is 57.3 Å². The van der Waals surface area contributed by atoms with Gasteiger partial charge >= 0.3 is 0 Å². The second-order valence-corrected chi connectivity index (χ2v) is 6.66. The number of fused-ring (bicyclic) bond motifs is 1. The highest BCUT2D eigenvalue weighted by atomic mass is 32.1. The van der Waals surface area contributed by atoms with Gasteiger partial charge in [0.1, 0.15) is 19.0 Å². The Morgan fingerprint density at radius 2 is 1.96 bits per heavy atom. The zero-order valence-corrected chi connectivity index (χ0v) is 15.9. The Morgan fingerprint density at radius 3 is 2.78 bits per heavy atom. The van der Waals surface area contributed by atoms with E-state index in [1.807, 2.05) is 52.5 Å². The van der Waals surface area contributed by atoms with Gasteiger partial charge in [-0.3, -0.25) is 4.99 Å². The quantitative estimate of drug-likeness (QED) is 0.651. The van der Waals surface area contributed by atoms with Gasteiger partial charge in [-0.25, -0.2) is 4.68 Å². The molecule has 0 saturated carbocycles. The first kappa shape index (κ1) is 17.4. The Morgan fingerprint density at radius 1 is 1.11 bits per heavy atom. The van der Waals surface area contributed by atoms with Crippen LogP contribution in [0.25, 0.3) is 11.3 Å². The molecule has 3 aromatic rings. The van der Waals surface area contributed by atoms with Gasteiger partial charge in [0.15, 0.2) is 11.5 Å². The predicted octanol–water partition coefficient (Wildman–Crippen LogP) is 3.41. The molecule has 0 amide bonds.